The molecule has 4 aromatic rings. The fourth-order valence-electron chi connectivity index (χ4n) is 6.73. The Morgan fingerprint density at radius 3 is 1.62 bits per heavy atom. The zero-order valence-electron chi connectivity index (χ0n) is 22.6. The van der Waals surface area contributed by atoms with Gasteiger partial charge in [-0.25, -0.2) is 0 Å². The predicted octanol–water partition coefficient (Wildman–Crippen LogP) is 6.71. The van der Waals surface area contributed by atoms with Crippen LogP contribution in [0.1, 0.15) is 34.2 Å². The maximum absolute atomic E-state index is 13.9. The molecule has 42 heavy (non-hydrogen) atoms. The van der Waals surface area contributed by atoms with Crippen LogP contribution in [0.15, 0.2) is 97.1 Å². The van der Waals surface area contributed by atoms with Gasteiger partial charge in [-0.3, -0.25) is 19.3 Å². The Morgan fingerprint density at radius 1 is 0.738 bits per heavy atom. The molecule has 0 radical (unpaired) electrons. The maximum atomic E-state index is 13.9. The molecule has 2 atom stereocenters. The number of nitrogens with zero attached hydrogens (tertiary/aromatic N) is 1. The quantitative estimate of drug-likeness (QED) is 0.198. The van der Waals surface area contributed by atoms with Crippen LogP contribution in [0.3, 0.4) is 0 Å². The van der Waals surface area contributed by atoms with Crippen molar-refractivity contribution in [1.82, 2.24) is 4.90 Å². The fraction of sp³-hybridized carbons (Fsp3) is 0.206. The molecule has 1 aliphatic heterocycles. The molecule has 2 bridgehead atoms. The third kappa shape index (κ3) is 3.82. The number of aryl methyl sites for hydroxylation is 1. The number of anilines is 1. The lowest BCUT2D eigenvalue weighted by Gasteiger charge is -2.54. The summed E-state index contributed by atoms with van der Waals surface area (Å²) in [7, 11) is 0. The van der Waals surface area contributed by atoms with Crippen molar-refractivity contribution in [3.05, 3.63) is 125 Å². The number of ether oxygens (including phenoxy) is 1. The van der Waals surface area contributed by atoms with Gasteiger partial charge in [-0.2, -0.15) is 0 Å². The normalized spacial score (nSPS) is 25.1. The second-order valence-electron chi connectivity index (χ2n) is 11.0. The molecule has 3 amide bonds. The number of carbonyl (C=O) groups excluding carboxylic acids is 3. The Labute approximate surface area is 253 Å². The Kier molecular flexibility index (Phi) is 6.19. The van der Waals surface area contributed by atoms with Crippen molar-refractivity contribution in [3.63, 3.8) is 0 Å². The zero-order chi connectivity index (χ0) is 29.2. The molecule has 3 aliphatic carbocycles. The first-order valence-electron chi connectivity index (χ1n) is 13.8. The highest BCUT2D eigenvalue weighted by atomic mass is 35.5. The molecule has 8 rings (SSSR count). The smallest absolute Gasteiger partial charge is 0.235 e. The van der Waals surface area contributed by atoms with Gasteiger partial charge in [-0.05, 0) is 65.6 Å². The summed E-state index contributed by atoms with van der Waals surface area (Å²) in [5.41, 5.74) is 4.71. The van der Waals surface area contributed by atoms with Crippen molar-refractivity contribution >= 4 is 46.6 Å². The summed E-state index contributed by atoms with van der Waals surface area (Å²) in [5.74, 6) is -1.53. The number of nitrogens with one attached hydrogen (secondary N) is 1. The van der Waals surface area contributed by atoms with Crippen molar-refractivity contribution in [2.75, 3.05) is 11.9 Å². The SMILES string of the molecule is Cc1ccc(Oc2ccc(NC(=O)CCN3C(=O)[C@H]4[C@H](C3=O)C3(Cl)c5ccccc5C4(Cl)c4ccccc43)cc2)cc1. The molecule has 210 valence electrons. The highest BCUT2D eigenvalue weighted by Crippen LogP contribution is 2.69. The Balaban J connectivity index is 1.08. The van der Waals surface area contributed by atoms with Crippen molar-refractivity contribution in [3.8, 4) is 11.5 Å². The molecule has 0 unspecified atom stereocenters. The lowest BCUT2D eigenvalue weighted by molar-refractivity contribution is -0.140. The summed E-state index contributed by atoms with van der Waals surface area (Å²) in [6.07, 6.45) is -0.0665. The van der Waals surface area contributed by atoms with Gasteiger partial charge in [0.2, 0.25) is 17.7 Å². The van der Waals surface area contributed by atoms with E-state index in [4.69, 9.17) is 27.9 Å². The first kappa shape index (κ1) is 26.7. The number of likely N-dealkylation sites (tertiary alicyclic amines) is 1. The van der Waals surface area contributed by atoms with Gasteiger partial charge in [-0.15, -0.1) is 23.2 Å². The molecule has 1 fully saturated rings. The molecule has 1 N–H and O–H groups in total. The number of halogens is 2. The topological polar surface area (TPSA) is 75.7 Å². The van der Waals surface area contributed by atoms with Gasteiger partial charge in [0, 0.05) is 18.7 Å². The Bertz CT molecular complexity index is 1630. The third-order valence-corrected chi connectivity index (χ3v) is 9.92. The van der Waals surface area contributed by atoms with Gasteiger partial charge in [0.15, 0.2) is 0 Å². The number of alkyl halides is 2. The van der Waals surface area contributed by atoms with Crippen LogP contribution >= 0.6 is 23.2 Å². The maximum Gasteiger partial charge on any atom is 0.235 e. The van der Waals surface area contributed by atoms with Crippen LogP contribution in [0.4, 0.5) is 5.69 Å². The minimum Gasteiger partial charge on any atom is -0.457 e. The largest absolute Gasteiger partial charge is 0.457 e. The summed E-state index contributed by atoms with van der Waals surface area (Å²) in [5, 5.41) is 2.83. The first-order valence-corrected chi connectivity index (χ1v) is 14.6. The van der Waals surface area contributed by atoms with Crippen molar-refractivity contribution in [2.24, 2.45) is 11.8 Å². The van der Waals surface area contributed by atoms with E-state index in [1.165, 1.54) is 4.90 Å². The number of imide groups is 1. The fourth-order valence-corrected chi connectivity index (χ4v) is 7.83. The van der Waals surface area contributed by atoms with Gasteiger partial charge in [0.1, 0.15) is 21.2 Å². The summed E-state index contributed by atoms with van der Waals surface area (Å²) in [6, 6.07) is 29.7. The molecule has 4 aliphatic rings. The van der Waals surface area contributed by atoms with E-state index in [1.807, 2.05) is 79.7 Å². The average molecular weight is 597 g/mol. The van der Waals surface area contributed by atoms with E-state index < -0.39 is 33.4 Å². The number of rotatable bonds is 6. The lowest BCUT2D eigenvalue weighted by Crippen LogP contribution is -2.57. The van der Waals surface area contributed by atoms with E-state index >= 15 is 0 Å². The minimum atomic E-state index is -1.24. The summed E-state index contributed by atoms with van der Waals surface area (Å²) >= 11 is 14.9. The van der Waals surface area contributed by atoms with Crippen LogP contribution < -0.4 is 10.1 Å². The van der Waals surface area contributed by atoms with Crippen LogP contribution in [-0.4, -0.2) is 29.2 Å². The van der Waals surface area contributed by atoms with Crippen LogP contribution in [0.25, 0.3) is 0 Å². The van der Waals surface area contributed by atoms with Gasteiger partial charge < -0.3 is 10.1 Å². The molecular weight excluding hydrogens is 571 g/mol. The van der Waals surface area contributed by atoms with Crippen LogP contribution in [0.2, 0.25) is 0 Å². The monoisotopic (exact) mass is 596 g/mol. The zero-order valence-corrected chi connectivity index (χ0v) is 24.2. The van der Waals surface area contributed by atoms with E-state index in [-0.39, 0.29) is 18.9 Å². The molecule has 1 heterocycles. The van der Waals surface area contributed by atoms with Crippen molar-refractivity contribution in [2.45, 2.75) is 23.1 Å². The van der Waals surface area contributed by atoms with Gasteiger partial charge in [0.25, 0.3) is 0 Å². The van der Waals surface area contributed by atoms with Gasteiger partial charge in [0.05, 0.1) is 11.8 Å². The van der Waals surface area contributed by atoms with E-state index in [0.717, 1.165) is 33.6 Å². The first-order chi connectivity index (χ1) is 20.2. The number of hydrogen-bond acceptors (Lipinski definition) is 4. The van der Waals surface area contributed by atoms with E-state index in [9.17, 15) is 14.4 Å². The molecule has 0 saturated carbocycles. The van der Waals surface area contributed by atoms with Crippen LogP contribution in [-0.2, 0) is 24.1 Å². The molecule has 0 aromatic heterocycles. The number of hydrogen-bond donors (Lipinski definition) is 1. The molecule has 0 spiro atoms. The number of benzene rings is 4. The molecule has 1 saturated heterocycles. The van der Waals surface area contributed by atoms with Crippen molar-refractivity contribution < 1.29 is 19.1 Å². The van der Waals surface area contributed by atoms with Crippen molar-refractivity contribution in [1.29, 1.82) is 0 Å². The molecular formula is C34H26Cl2N2O4. The standard InChI is InChI=1S/C34H26Cl2N2O4/c1-20-10-14-22(15-11-20)42-23-16-12-21(13-17-23)37-28(39)18-19-38-31(40)29-30(32(38)41)34(36)25-7-3-2-6-24(25)33(29,35)26-8-4-5-9-27(26)34/h2-17,29-30H,18-19H2,1H3,(H,37,39)/t29-,30-,33?,34?/m1/s1. The van der Waals surface area contributed by atoms with E-state index in [2.05, 4.69) is 5.32 Å². The minimum absolute atomic E-state index is 0.0665. The second-order valence-corrected chi connectivity index (χ2v) is 12.2. The predicted molar refractivity (Wildman–Crippen MR) is 161 cm³/mol. The van der Waals surface area contributed by atoms with Crippen LogP contribution in [0.5, 0.6) is 11.5 Å². The van der Waals surface area contributed by atoms with E-state index in [0.29, 0.717) is 11.4 Å². The summed E-state index contributed by atoms with van der Waals surface area (Å²) < 4.78 is 5.85. The average Bonchev–Trinajstić information content (AvgIpc) is 3.27. The number of amides is 3. The van der Waals surface area contributed by atoms with Crippen LogP contribution in [0, 0.1) is 18.8 Å². The molecule has 6 nitrogen and oxygen atoms in total. The lowest BCUT2D eigenvalue weighted by atomic mass is 9.54. The highest BCUT2D eigenvalue weighted by molar-refractivity contribution is 6.36. The molecule has 4 aromatic carbocycles. The summed E-state index contributed by atoms with van der Waals surface area (Å²) in [4.78, 5) is 39.4. The van der Waals surface area contributed by atoms with E-state index in [1.54, 1.807) is 24.3 Å². The summed E-state index contributed by atoms with van der Waals surface area (Å²) in [6.45, 7) is 1.94. The Hall–Kier alpha value is -4.13. The second kappa shape index (κ2) is 9.72. The van der Waals surface area contributed by atoms with Gasteiger partial charge in [-0.1, -0.05) is 66.2 Å². The van der Waals surface area contributed by atoms with Gasteiger partial charge >= 0.3 is 0 Å². The number of carbonyl (C=O) groups is 3. The highest BCUT2D eigenvalue weighted by Gasteiger charge is 2.72. The Morgan fingerprint density at radius 2 is 1.17 bits per heavy atom. The third-order valence-electron chi connectivity index (χ3n) is 8.63. The molecule has 8 heteroatoms.